The van der Waals surface area contributed by atoms with Gasteiger partial charge in [0.25, 0.3) is 5.91 Å². The molecule has 1 heterocycles. The third-order valence-corrected chi connectivity index (χ3v) is 4.08. The molecule has 1 fully saturated rings. The van der Waals surface area contributed by atoms with Crippen molar-refractivity contribution >= 4 is 5.91 Å². The topological polar surface area (TPSA) is 64.6 Å². The summed E-state index contributed by atoms with van der Waals surface area (Å²) in [5.41, 5.74) is 2.07. The zero-order valence-electron chi connectivity index (χ0n) is 14.2. The molecular weight excluding hydrogens is 306 g/mol. The van der Waals surface area contributed by atoms with E-state index in [1.165, 1.54) is 6.20 Å². The highest BCUT2D eigenvalue weighted by atomic mass is 16.5. The molecule has 126 valence electrons. The number of aryl methyl sites for hydroxylation is 1. The Morgan fingerprint density at radius 1 is 1.21 bits per heavy atom. The molecule has 1 aromatic carbocycles. The van der Waals surface area contributed by atoms with Crippen molar-refractivity contribution in [2.45, 2.75) is 32.4 Å². The van der Waals surface area contributed by atoms with Gasteiger partial charge >= 0.3 is 0 Å². The Bertz CT molecular complexity index is 727. The minimum Gasteiger partial charge on any atom is -0.497 e. The standard InChI is InChI=1S/C18H21N3O3/c1-12-9-20-16(10-19-12)18(22)21(14-4-5-14)11-13-8-15(23-2)6-7-17(13)24-3/h6-10,14H,4-5,11H2,1-3H3. The van der Waals surface area contributed by atoms with Crippen LogP contribution in [0, 0.1) is 6.92 Å². The average Bonchev–Trinajstić information content (AvgIpc) is 3.44. The molecule has 3 rings (SSSR count). The number of hydrogen-bond acceptors (Lipinski definition) is 5. The second kappa shape index (κ2) is 6.86. The summed E-state index contributed by atoms with van der Waals surface area (Å²) in [6, 6.07) is 5.85. The number of benzene rings is 1. The van der Waals surface area contributed by atoms with Crippen molar-refractivity contribution in [3.8, 4) is 11.5 Å². The fourth-order valence-electron chi connectivity index (χ4n) is 2.59. The summed E-state index contributed by atoms with van der Waals surface area (Å²) in [6.07, 6.45) is 5.18. The quantitative estimate of drug-likeness (QED) is 0.816. The van der Waals surface area contributed by atoms with Gasteiger partial charge in [0.1, 0.15) is 17.2 Å². The Morgan fingerprint density at radius 3 is 2.58 bits per heavy atom. The van der Waals surface area contributed by atoms with Gasteiger partial charge in [-0.3, -0.25) is 9.78 Å². The first-order chi connectivity index (χ1) is 11.6. The van der Waals surface area contributed by atoms with Crippen molar-refractivity contribution in [1.82, 2.24) is 14.9 Å². The Morgan fingerprint density at radius 2 is 2.00 bits per heavy atom. The molecule has 0 aliphatic heterocycles. The first-order valence-electron chi connectivity index (χ1n) is 7.93. The van der Waals surface area contributed by atoms with Gasteiger partial charge in [-0.05, 0) is 38.0 Å². The highest BCUT2D eigenvalue weighted by molar-refractivity contribution is 5.92. The van der Waals surface area contributed by atoms with Crippen molar-refractivity contribution in [3.63, 3.8) is 0 Å². The minimum absolute atomic E-state index is 0.102. The van der Waals surface area contributed by atoms with Gasteiger partial charge in [-0.2, -0.15) is 0 Å². The van der Waals surface area contributed by atoms with Crippen LogP contribution in [0.4, 0.5) is 0 Å². The lowest BCUT2D eigenvalue weighted by molar-refractivity contribution is 0.0722. The van der Waals surface area contributed by atoms with Gasteiger partial charge in [-0.15, -0.1) is 0 Å². The van der Waals surface area contributed by atoms with Crippen LogP contribution >= 0.6 is 0 Å². The second-order valence-corrected chi connectivity index (χ2v) is 5.89. The van der Waals surface area contributed by atoms with Crippen molar-refractivity contribution in [2.24, 2.45) is 0 Å². The molecule has 6 nitrogen and oxygen atoms in total. The Hall–Kier alpha value is -2.63. The predicted octanol–water partition coefficient (Wildman–Crippen LogP) is 2.61. The van der Waals surface area contributed by atoms with Crippen LogP contribution in [-0.2, 0) is 6.54 Å². The molecule has 24 heavy (non-hydrogen) atoms. The van der Waals surface area contributed by atoms with E-state index < -0.39 is 0 Å². The number of carbonyl (C=O) groups is 1. The smallest absolute Gasteiger partial charge is 0.274 e. The molecule has 0 radical (unpaired) electrons. The van der Waals surface area contributed by atoms with Crippen molar-refractivity contribution in [1.29, 1.82) is 0 Å². The molecule has 0 bridgehead atoms. The number of hydrogen-bond donors (Lipinski definition) is 0. The van der Waals surface area contributed by atoms with E-state index in [4.69, 9.17) is 9.47 Å². The van der Waals surface area contributed by atoms with E-state index in [0.717, 1.165) is 35.6 Å². The molecule has 0 saturated heterocycles. The number of aromatic nitrogens is 2. The van der Waals surface area contributed by atoms with Gasteiger partial charge in [-0.1, -0.05) is 0 Å². The van der Waals surface area contributed by atoms with Gasteiger partial charge in [0.2, 0.25) is 0 Å². The van der Waals surface area contributed by atoms with E-state index >= 15 is 0 Å². The minimum atomic E-state index is -0.102. The normalized spacial score (nSPS) is 13.5. The Balaban J connectivity index is 1.87. The molecule has 1 aliphatic rings. The molecule has 0 N–H and O–H groups in total. The molecular formula is C18H21N3O3. The van der Waals surface area contributed by atoms with Crippen LogP contribution in [0.15, 0.2) is 30.6 Å². The number of methoxy groups -OCH3 is 2. The summed E-state index contributed by atoms with van der Waals surface area (Å²) in [5.74, 6) is 1.38. The van der Waals surface area contributed by atoms with E-state index in [1.807, 2.05) is 30.0 Å². The van der Waals surface area contributed by atoms with E-state index in [2.05, 4.69) is 9.97 Å². The highest BCUT2D eigenvalue weighted by Crippen LogP contribution is 2.32. The monoisotopic (exact) mass is 327 g/mol. The predicted molar refractivity (Wildman–Crippen MR) is 89.2 cm³/mol. The lowest BCUT2D eigenvalue weighted by Crippen LogP contribution is -2.33. The highest BCUT2D eigenvalue weighted by Gasteiger charge is 2.34. The maximum absolute atomic E-state index is 12.8. The number of amides is 1. The van der Waals surface area contributed by atoms with Crippen LogP contribution in [0.2, 0.25) is 0 Å². The van der Waals surface area contributed by atoms with Crippen LogP contribution in [0.25, 0.3) is 0 Å². The third kappa shape index (κ3) is 3.48. The van der Waals surface area contributed by atoms with E-state index in [-0.39, 0.29) is 11.9 Å². The van der Waals surface area contributed by atoms with E-state index in [0.29, 0.717) is 12.2 Å². The molecule has 6 heteroatoms. The number of carbonyl (C=O) groups excluding carboxylic acids is 1. The summed E-state index contributed by atoms with van der Waals surface area (Å²) >= 11 is 0. The lowest BCUT2D eigenvalue weighted by atomic mass is 10.1. The molecule has 0 spiro atoms. The van der Waals surface area contributed by atoms with Gasteiger partial charge in [-0.25, -0.2) is 4.98 Å². The Labute approximate surface area is 141 Å². The van der Waals surface area contributed by atoms with Gasteiger partial charge in [0.15, 0.2) is 0 Å². The number of rotatable bonds is 6. The lowest BCUT2D eigenvalue weighted by Gasteiger charge is -2.23. The van der Waals surface area contributed by atoms with Crippen LogP contribution in [0.1, 0.15) is 34.6 Å². The first-order valence-corrected chi connectivity index (χ1v) is 7.93. The summed E-state index contributed by atoms with van der Waals surface area (Å²) in [5, 5.41) is 0. The molecule has 1 aromatic heterocycles. The summed E-state index contributed by atoms with van der Waals surface area (Å²) in [4.78, 5) is 23.1. The van der Waals surface area contributed by atoms with Gasteiger partial charge in [0.05, 0.1) is 32.7 Å². The molecule has 0 atom stereocenters. The second-order valence-electron chi connectivity index (χ2n) is 5.89. The summed E-state index contributed by atoms with van der Waals surface area (Å²) < 4.78 is 10.7. The SMILES string of the molecule is COc1ccc(OC)c(CN(C(=O)c2cnc(C)cn2)C2CC2)c1. The number of ether oxygens (including phenoxy) is 2. The zero-order valence-corrected chi connectivity index (χ0v) is 14.2. The van der Waals surface area contributed by atoms with Gasteiger partial charge < -0.3 is 14.4 Å². The molecule has 1 amide bonds. The summed E-state index contributed by atoms with van der Waals surface area (Å²) in [7, 11) is 3.25. The molecule has 1 saturated carbocycles. The molecule has 0 unspecified atom stereocenters. The van der Waals surface area contributed by atoms with Crippen molar-refractivity contribution in [3.05, 3.63) is 47.5 Å². The van der Waals surface area contributed by atoms with Crippen LogP contribution in [0.3, 0.4) is 0 Å². The van der Waals surface area contributed by atoms with Crippen LogP contribution in [0.5, 0.6) is 11.5 Å². The van der Waals surface area contributed by atoms with Gasteiger partial charge in [0, 0.05) is 17.8 Å². The van der Waals surface area contributed by atoms with E-state index in [1.54, 1.807) is 20.4 Å². The molecule has 1 aliphatic carbocycles. The third-order valence-electron chi connectivity index (χ3n) is 4.08. The maximum atomic E-state index is 12.8. The number of nitrogens with zero attached hydrogens (tertiary/aromatic N) is 3. The van der Waals surface area contributed by atoms with Crippen LogP contribution < -0.4 is 9.47 Å². The average molecular weight is 327 g/mol. The van der Waals surface area contributed by atoms with Crippen LogP contribution in [-0.4, -0.2) is 41.0 Å². The molecule has 2 aromatic rings. The summed E-state index contributed by atoms with van der Waals surface area (Å²) in [6.45, 7) is 2.31. The fraction of sp³-hybridized carbons (Fsp3) is 0.389. The zero-order chi connectivity index (χ0) is 17.1. The Kier molecular flexibility index (Phi) is 4.64. The largest absolute Gasteiger partial charge is 0.497 e. The van der Waals surface area contributed by atoms with Crippen molar-refractivity contribution < 1.29 is 14.3 Å². The maximum Gasteiger partial charge on any atom is 0.274 e. The van der Waals surface area contributed by atoms with Crippen molar-refractivity contribution in [2.75, 3.05) is 14.2 Å². The van der Waals surface area contributed by atoms with E-state index in [9.17, 15) is 4.79 Å². The first kappa shape index (κ1) is 16.2. The fourth-order valence-corrected chi connectivity index (χ4v) is 2.59.